The van der Waals surface area contributed by atoms with Crippen LogP contribution in [0.3, 0.4) is 0 Å². The molecule has 1 amide bonds. The Balaban J connectivity index is 1.38. The lowest BCUT2D eigenvalue weighted by atomic mass is 10.2. The van der Waals surface area contributed by atoms with E-state index in [1.165, 1.54) is 31.9 Å². The molecule has 0 bridgehead atoms. The molecule has 7 nitrogen and oxygen atoms in total. The predicted octanol–water partition coefficient (Wildman–Crippen LogP) is 4.57. The minimum absolute atomic E-state index is 0.190. The van der Waals surface area contributed by atoms with Crippen molar-refractivity contribution in [3.63, 3.8) is 0 Å². The molecule has 1 saturated heterocycles. The highest BCUT2D eigenvalue weighted by molar-refractivity contribution is 5.96. The molecule has 29 heavy (non-hydrogen) atoms. The van der Waals surface area contributed by atoms with Gasteiger partial charge in [-0.25, -0.2) is 5.43 Å². The number of rotatable bonds is 6. The maximum Gasteiger partial charge on any atom is 0.307 e. The number of ether oxygens (including phenoxy) is 1. The van der Waals surface area contributed by atoms with Crippen molar-refractivity contribution in [1.29, 1.82) is 0 Å². The molecule has 1 aliphatic rings. The molecule has 1 aliphatic heterocycles. The van der Waals surface area contributed by atoms with Gasteiger partial charge in [0.15, 0.2) is 11.6 Å². The van der Waals surface area contributed by atoms with Gasteiger partial charge < -0.3 is 18.5 Å². The van der Waals surface area contributed by atoms with Gasteiger partial charge in [0.25, 0.3) is 0 Å². The van der Waals surface area contributed by atoms with Crippen molar-refractivity contribution in [2.75, 3.05) is 24.6 Å². The Bertz CT molecular complexity index is 997. The molecule has 0 spiro atoms. The third kappa shape index (κ3) is 4.62. The number of hydrogen-bond donors (Lipinski definition) is 1. The lowest BCUT2D eigenvalue weighted by Gasteiger charge is -2.18. The second-order valence-corrected chi connectivity index (χ2v) is 7.02. The van der Waals surface area contributed by atoms with E-state index < -0.39 is 5.91 Å². The van der Waals surface area contributed by atoms with Gasteiger partial charge >= 0.3 is 5.91 Å². The van der Waals surface area contributed by atoms with Gasteiger partial charge in [0.1, 0.15) is 17.1 Å². The molecule has 0 radical (unpaired) electrons. The normalized spacial score (nSPS) is 15.0. The number of amides is 1. The average molecular weight is 395 g/mol. The molecule has 1 aromatic carbocycles. The highest BCUT2D eigenvalue weighted by atomic mass is 16.5. The van der Waals surface area contributed by atoms with E-state index in [0.717, 1.165) is 30.1 Å². The van der Waals surface area contributed by atoms with Crippen LogP contribution in [0.1, 0.15) is 48.9 Å². The summed E-state index contributed by atoms with van der Waals surface area (Å²) in [5, 5.41) is 4.79. The van der Waals surface area contributed by atoms with Crippen LogP contribution in [0.5, 0.6) is 5.75 Å². The second kappa shape index (κ2) is 8.86. The van der Waals surface area contributed by atoms with Crippen LogP contribution in [0, 0.1) is 0 Å². The lowest BCUT2D eigenvalue weighted by molar-refractivity contribution is 0.0929. The van der Waals surface area contributed by atoms with Gasteiger partial charge in [-0.1, -0.05) is 12.8 Å². The monoisotopic (exact) mass is 395 g/mol. The molecule has 0 aliphatic carbocycles. The van der Waals surface area contributed by atoms with Gasteiger partial charge in [0, 0.05) is 24.5 Å². The Morgan fingerprint density at radius 3 is 2.76 bits per heavy atom. The van der Waals surface area contributed by atoms with E-state index in [1.807, 2.05) is 31.2 Å². The fourth-order valence-corrected chi connectivity index (χ4v) is 3.47. The second-order valence-electron chi connectivity index (χ2n) is 7.02. The van der Waals surface area contributed by atoms with Crippen molar-refractivity contribution in [3.05, 3.63) is 47.9 Å². The van der Waals surface area contributed by atoms with E-state index in [4.69, 9.17) is 13.6 Å². The van der Waals surface area contributed by atoms with Gasteiger partial charge in [-0.3, -0.25) is 4.79 Å². The number of benzene rings is 1. The topological polar surface area (TPSA) is 80.2 Å². The van der Waals surface area contributed by atoms with Crippen LogP contribution < -0.4 is 15.1 Å². The number of hydrazone groups is 1. The van der Waals surface area contributed by atoms with E-state index in [2.05, 4.69) is 15.4 Å². The fraction of sp³-hybridized carbons (Fsp3) is 0.364. The fourth-order valence-electron chi connectivity index (χ4n) is 3.47. The van der Waals surface area contributed by atoms with Crippen LogP contribution in [-0.4, -0.2) is 31.8 Å². The quantitative estimate of drug-likeness (QED) is 0.488. The minimum atomic E-state index is -0.422. The average Bonchev–Trinajstić information content (AvgIpc) is 3.27. The summed E-state index contributed by atoms with van der Waals surface area (Å²) in [6.45, 7) is 4.53. The number of fused-ring (bicyclic) bond motifs is 1. The molecule has 1 fully saturated rings. The third-order valence-corrected chi connectivity index (χ3v) is 4.91. The molecule has 4 rings (SSSR count). The summed E-state index contributed by atoms with van der Waals surface area (Å²) in [7, 11) is 0. The lowest BCUT2D eigenvalue weighted by Crippen LogP contribution is -2.23. The first kappa shape index (κ1) is 19.1. The number of anilines is 1. The van der Waals surface area contributed by atoms with Crippen LogP contribution in [-0.2, 0) is 0 Å². The van der Waals surface area contributed by atoms with E-state index >= 15 is 0 Å². The van der Waals surface area contributed by atoms with E-state index in [0.29, 0.717) is 18.0 Å². The highest BCUT2D eigenvalue weighted by Crippen LogP contribution is 2.24. The zero-order valence-electron chi connectivity index (χ0n) is 16.5. The molecule has 0 atom stereocenters. The smallest absolute Gasteiger partial charge is 0.307 e. The molecular formula is C22H25N3O4. The SMILES string of the molecule is CCOc1ccc2oc(C(=O)N/N=C/c3ccc(N4CCCCCC4)o3)cc2c1. The summed E-state index contributed by atoms with van der Waals surface area (Å²) in [5.74, 6) is 1.95. The number of furan rings is 2. The van der Waals surface area contributed by atoms with Crippen LogP contribution in [0.2, 0.25) is 0 Å². The van der Waals surface area contributed by atoms with Crippen molar-refractivity contribution >= 4 is 29.0 Å². The van der Waals surface area contributed by atoms with Crippen molar-refractivity contribution in [3.8, 4) is 5.75 Å². The third-order valence-electron chi connectivity index (χ3n) is 4.91. The predicted molar refractivity (Wildman–Crippen MR) is 112 cm³/mol. The van der Waals surface area contributed by atoms with Gasteiger partial charge in [-0.15, -0.1) is 0 Å². The molecule has 3 heterocycles. The minimum Gasteiger partial charge on any atom is -0.494 e. The number of carbonyl (C=O) groups is 1. The zero-order valence-corrected chi connectivity index (χ0v) is 16.5. The summed E-state index contributed by atoms with van der Waals surface area (Å²) in [6, 6.07) is 10.9. The summed E-state index contributed by atoms with van der Waals surface area (Å²) in [5.41, 5.74) is 3.10. The first-order valence-corrected chi connectivity index (χ1v) is 10.1. The molecule has 3 aromatic rings. The maximum absolute atomic E-state index is 12.3. The zero-order chi connectivity index (χ0) is 20.1. The van der Waals surface area contributed by atoms with Crippen LogP contribution in [0.15, 0.2) is 50.3 Å². The Morgan fingerprint density at radius 1 is 1.14 bits per heavy atom. The largest absolute Gasteiger partial charge is 0.494 e. The summed E-state index contributed by atoms with van der Waals surface area (Å²) in [6.07, 6.45) is 6.40. The highest BCUT2D eigenvalue weighted by Gasteiger charge is 2.14. The van der Waals surface area contributed by atoms with Crippen molar-refractivity contribution in [1.82, 2.24) is 5.43 Å². The van der Waals surface area contributed by atoms with Gasteiger partial charge in [-0.05, 0) is 50.1 Å². The van der Waals surface area contributed by atoms with Gasteiger partial charge in [0.2, 0.25) is 0 Å². The number of nitrogens with zero attached hydrogens (tertiary/aromatic N) is 2. The Morgan fingerprint density at radius 2 is 1.97 bits per heavy atom. The first-order chi connectivity index (χ1) is 14.2. The summed E-state index contributed by atoms with van der Waals surface area (Å²) in [4.78, 5) is 14.6. The Hall–Kier alpha value is -3.22. The van der Waals surface area contributed by atoms with E-state index in [1.54, 1.807) is 12.1 Å². The number of nitrogens with one attached hydrogen (secondary N) is 1. The van der Waals surface area contributed by atoms with Crippen molar-refractivity contribution in [2.45, 2.75) is 32.6 Å². The number of hydrogen-bond acceptors (Lipinski definition) is 6. The van der Waals surface area contributed by atoms with Crippen LogP contribution >= 0.6 is 0 Å². The first-order valence-electron chi connectivity index (χ1n) is 10.1. The molecule has 0 unspecified atom stereocenters. The van der Waals surface area contributed by atoms with Gasteiger partial charge in [-0.2, -0.15) is 5.10 Å². The molecule has 7 heteroatoms. The van der Waals surface area contributed by atoms with Crippen LogP contribution in [0.4, 0.5) is 5.88 Å². The van der Waals surface area contributed by atoms with E-state index in [-0.39, 0.29) is 5.76 Å². The molecular weight excluding hydrogens is 370 g/mol. The van der Waals surface area contributed by atoms with E-state index in [9.17, 15) is 4.79 Å². The van der Waals surface area contributed by atoms with Crippen molar-refractivity contribution < 1.29 is 18.4 Å². The number of carbonyl (C=O) groups excluding carboxylic acids is 1. The molecule has 1 N–H and O–H groups in total. The molecule has 2 aromatic heterocycles. The maximum atomic E-state index is 12.3. The molecule has 0 saturated carbocycles. The Labute approximate surface area is 169 Å². The van der Waals surface area contributed by atoms with Crippen molar-refractivity contribution in [2.24, 2.45) is 5.10 Å². The summed E-state index contributed by atoms with van der Waals surface area (Å²) < 4.78 is 16.9. The van der Waals surface area contributed by atoms with Gasteiger partial charge in [0.05, 0.1) is 12.8 Å². The van der Waals surface area contributed by atoms with Crippen LogP contribution in [0.25, 0.3) is 11.0 Å². The standard InChI is InChI=1S/C22H25N3O4/c1-2-27-17-7-9-19-16(13-17)14-20(29-19)22(26)24-23-15-18-8-10-21(28-18)25-11-5-3-4-6-12-25/h7-10,13-15H,2-6,11-12H2,1H3,(H,24,26)/b23-15+. The summed E-state index contributed by atoms with van der Waals surface area (Å²) >= 11 is 0. The Kier molecular flexibility index (Phi) is 5.84. The molecule has 152 valence electrons.